The predicted molar refractivity (Wildman–Crippen MR) is 41.2 cm³/mol. The van der Waals surface area contributed by atoms with Gasteiger partial charge in [-0.05, 0) is 5.92 Å². The van der Waals surface area contributed by atoms with Crippen molar-refractivity contribution in [2.45, 2.75) is 24.9 Å². The van der Waals surface area contributed by atoms with Crippen LogP contribution in [0, 0.1) is 5.92 Å². The van der Waals surface area contributed by atoms with Gasteiger partial charge >= 0.3 is 0 Å². The normalized spacial score (nSPS) is 15.0. The van der Waals surface area contributed by atoms with E-state index in [0.29, 0.717) is 5.92 Å². The number of hydrogen-bond donors (Lipinski definition) is 2. The largest absolute Gasteiger partial charge is 0.165 e. The summed E-state index contributed by atoms with van der Waals surface area (Å²) >= 11 is 8.27. The van der Waals surface area contributed by atoms with E-state index in [1.54, 1.807) is 0 Å². The van der Waals surface area contributed by atoms with Crippen molar-refractivity contribution in [1.29, 1.82) is 0 Å². The smallest absolute Gasteiger partial charge is 0.0467 e. The van der Waals surface area contributed by atoms with E-state index in [2.05, 4.69) is 39.1 Å². The molecule has 0 fully saturated rings. The van der Waals surface area contributed by atoms with E-state index in [0.717, 1.165) is 6.42 Å². The molecule has 1 atom stereocenters. The summed E-state index contributed by atoms with van der Waals surface area (Å²) in [6.07, 6.45) is 1.16. The van der Waals surface area contributed by atoms with Crippen LogP contribution in [0.4, 0.5) is 0 Å². The Bertz CT molecular complexity index is 43.3. The second-order valence-electron chi connectivity index (χ2n) is 1.80. The van der Waals surface area contributed by atoms with Gasteiger partial charge in [-0.15, -0.1) is 0 Å². The van der Waals surface area contributed by atoms with Gasteiger partial charge in [-0.25, -0.2) is 0 Å². The molecule has 0 amide bonds. The van der Waals surface area contributed by atoms with E-state index in [9.17, 15) is 0 Å². The summed E-state index contributed by atoms with van der Waals surface area (Å²) in [7, 11) is 0. The van der Waals surface area contributed by atoms with Crippen LogP contribution < -0.4 is 0 Å². The van der Waals surface area contributed by atoms with Crippen molar-refractivity contribution in [2.75, 3.05) is 0 Å². The van der Waals surface area contributed by atoms with E-state index < -0.39 is 0 Å². The fraction of sp³-hybridized carbons (Fsp3) is 1.00. The summed E-state index contributed by atoms with van der Waals surface area (Å²) in [5.41, 5.74) is 0. The van der Waals surface area contributed by atoms with Gasteiger partial charge in [0, 0.05) is 4.58 Å². The molecule has 0 aromatic heterocycles. The highest BCUT2D eigenvalue weighted by atomic mass is 32.2. The van der Waals surface area contributed by atoms with Gasteiger partial charge in [0.15, 0.2) is 0 Å². The average molecular weight is 136 g/mol. The number of thiol groups is 2. The predicted octanol–water partition coefficient (Wildman–Crippen LogP) is 2.22. The van der Waals surface area contributed by atoms with Crippen molar-refractivity contribution in [2.24, 2.45) is 5.92 Å². The molecular formula is C5H12S2. The summed E-state index contributed by atoms with van der Waals surface area (Å²) in [6.45, 7) is 4.29. The van der Waals surface area contributed by atoms with Crippen LogP contribution in [0.3, 0.4) is 0 Å². The van der Waals surface area contributed by atoms with E-state index >= 15 is 0 Å². The highest BCUT2D eigenvalue weighted by Gasteiger charge is 2.03. The molecule has 7 heavy (non-hydrogen) atoms. The van der Waals surface area contributed by atoms with Crippen molar-refractivity contribution < 1.29 is 0 Å². The third-order valence-electron chi connectivity index (χ3n) is 1.15. The number of rotatable bonds is 2. The molecule has 0 nitrogen and oxygen atoms in total. The van der Waals surface area contributed by atoms with Crippen LogP contribution >= 0.6 is 25.3 Å². The molecule has 0 saturated carbocycles. The Balaban J connectivity index is 3.14. The van der Waals surface area contributed by atoms with Crippen LogP contribution in [0.5, 0.6) is 0 Å². The maximum Gasteiger partial charge on any atom is 0.0467 e. The van der Waals surface area contributed by atoms with E-state index in [-0.39, 0.29) is 4.58 Å². The highest BCUT2D eigenvalue weighted by molar-refractivity contribution is 7.99. The SMILES string of the molecule is CC[C@H](C)C(S)S. The first kappa shape index (κ1) is 7.70. The van der Waals surface area contributed by atoms with Crippen molar-refractivity contribution >= 4 is 25.3 Å². The lowest BCUT2D eigenvalue weighted by Gasteiger charge is -2.08. The molecule has 0 aromatic carbocycles. The van der Waals surface area contributed by atoms with Crippen molar-refractivity contribution in [3.63, 3.8) is 0 Å². The van der Waals surface area contributed by atoms with Gasteiger partial charge in [0.05, 0.1) is 0 Å². The first-order valence-corrected chi connectivity index (χ1v) is 3.58. The average Bonchev–Trinajstić information content (AvgIpc) is 1.65. The summed E-state index contributed by atoms with van der Waals surface area (Å²) in [4.78, 5) is 0. The highest BCUT2D eigenvalue weighted by Crippen LogP contribution is 2.15. The van der Waals surface area contributed by atoms with Gasteiger partial charge < -0.3 is 0 Å². The lowest BCUT2D eigenvalue weighted by Crippen LogP contribution is -2.01. The third kappa shape index (κ3) is 3.30. The minimum absolute atomic E-state index is 0.255. The molecule has 0 rings (SSSR count). The number of hydrogen-bond acceptors (Lipinski definition) is 2. The molecule has 0 saturated heterocycles. The molecule has 0 aliphatic heterocycles. The van der Waals surface area contributed by atoms with Gasteiger partial charge in [0.2, 0.25) is 0 Å². The molecule has 0 aromatic rings. The molecule has 0 radical (unpaired) electrons. The van der Waals surface area contributed by atoms with Gasteiger partial charge in [0.25, 0.3) is 0 Å². The lowest BCUT2D eigenvalue weighted by atomic mass is 10.2. The standard InChI is InChI=1S/C5H12S2/c1-3-4(2)5(6)7/h4-7H,3H2,1-2H3/t4-/m0/s1. The van der Waals surface area contributed by atoms with Gasteiger partial charge in [-0.1, -0.05) is 20.3 Å². The van der Waals surface area contributed by atoms with Crippen molar-refractivity contribution in [1.82, 2.24) is 0 Å². The Hall–Kier alpha value is 0.700. The van der Waals surface area contributed by atoms with Crippen LogP contribution in [0.1, 0.15) is 20.3 Å². The van der Waals surface area contributed by atoms with Crippen LogP contribution in [-0.2, 0) is 0 Å². The molecule has 0 bridgehead atoms. The fourth-order valence-corrected chi connectivity index (χ4v) is 0.632. The lowest BCUT2D eigenvalue weighted by molar-refractivity contribution is 0.618. The zero-order valence-electron chi connectivity index (χ0n) is 4.76. The van der Waals surface area contributed by atoms with E-state index in [1.165, 1.54) is 0 Å². The Labute approximate surface area is 56.5 Å². The first-order valence-electron chi connectivity index (χ1n) is 2.54. The minimum atomic E-state index is 0.255. The molecule has 0 aliphatic rings. The van der Waals surface area contributed by atoms with Gasteiger partial charge in [-0.2, -0.15) is 25.3 Å². The van der Waals surface area contributed by atoms with E-state index in [4.69, 9.17) is 0 Å². The third-order valence-corrected chi connectivity index (χ3v) is 2.17. The van der Waals surface area contributed by atoms with Crippen LogP contribution in [0.15, 0.2) is 0 Å². The maximum atomic E-state index is 4.14. The van der Waals surface area contributed by atoms with Gasteiger partial charge in [0.1, 0.15) is 0 Å². The first-order chi connectivity index (χ1) is 3.18. The zero-order chi connectivity index (χ0) is 5.86. The topological polar surface area (TPSA) is 0 Å². The second-order valence-corrected chi connectivity index (χ2v) is 3.32. The summed E-state index contributed by atoms with van der Waals surface area (Å²) < 4.78 is 0.255. The second kappa shape index (κ2) is 3.67. The van der Waals surface area contributed by atoms with Crippen molar-refractivity contribution in [3.8, 4) is 0 Å². The molecule has 44 valence electrons. The van der Waals surface area contributed by atoms with Crippen LogP contribution in [0.2, 0.25) is 0 Å². The Morgan fingerprint density at radius 1 is 1.43 bits per heavy atom. The molecular weight excluding hydrogens is 124 g/mol. The Kier molecular flexibility index (Phi) is 4.04. The molecule has 0 aliphatic carbocycles. The van der Waals surface area contributed by atoms with Crippen LogP contribution in [-0.4, -0.2) is 4.58 Å². The van der Waals surface area contributed by atoms with Gasteiger partial charge in [-0.3, -0.25) is 0 Å². The molecule has 0 spiro atoms. The minimum Gasteiger partial charge on any atom is -0.165 e. The summed E-state index contributed by atoms with van der Waals surface area (Å²) in [5, 5.41) is 0. The fourth-order valence-electron chi connectivity index (χ4n) is 0.211. The molecule has 0 unspecified atom stereocenters. The molecule has 2 heteroatoms. The Morgan fingerprint density at radius 2 is 1.86 bits per heavy atom. The maximum absolute atomic E-state index is 4.14. The molecule has 0 N–H and O–H groups in total. The van der Waals surface area contributed by atoms with Crippen molar-refractivity contribution in [3.05, 3.63) is 0 Å². The quantitative estimate of drug-likeness (QED) is 0.422. The zero-order valence-corrected chi connectivity index (χ0v) is 6.55. The molecule has 0 heterocycles. The summed E-state index contributed by atoms with van der Waals surface area (Å²) in [6, 6.07) is 0. The van der Waals surface area contributed by atoms with Crippen LogP contribution in [0.25, 0.3) is 0 Å². The summed E-state index contributed by atoms with van der Waals surface area (Å²) in [5.74, 6) is 0.631. The van der Waals surface area contributed by atoms with E-state index in [1.807, 2.05) is 0 Å². The Morgan fingerprint density at radius 3 is 1.86 bits per heavy atom. The monoisotopic (exact) mass is 136 g/mol.